The van der Waals surface area contributed by atoms with E-state index in [4.69, 9.17) is 0 Å². The second kappa shape index (κ2) is 6.80. The number of hydrogen-bond acceptors (Lipinski definition) is 4. The number of para-hydroxylation sites is 1. The molecule has 0 aliphatic carbocycles. The summed E-state index contributed by atoms with van der Waals surface area (Å²) in [6, 6.07) is 16.0. The quantitative estimate of drug-likeness (QED) is 0.426. The molecule has 0 radical (unpaired) electrons. The fraction of sp³-hybridized carbons (Fsp3) is 0.150. The molecule has 0 unspecified atom stereocenters. The molecular weight excluding hydrogens is 344 g/mol. The molecular formula is C20H18N4OS. The molecule has 0 spiro atoms. The highest BCUT2D eigenvalue weighted by atomic mass is 32.2. The highest BCUT2D eigenvalue weighted by molar-refractivity contribution is 7.99. The molecule has 0 fully saturated rings. The number of rotatable bonds is 5. The zero-order valence-corrected chi connectivity index (χ0v) is 15.4. The second-order valence-electron chi connectivity index (χ2n) is 6.19. The van der Waals surface area contributed by atoms with Crippen LogP contribution < -0.4 is 0 Å². The van der Waals surface area contributed by atoms with Gasteiger partial charge in [0.25, 0.3) is 0 Å². The van der Waals surface area contributed by atoms with Crippen molar-refractivity contribution in [2.75, 3.05) is 5.75 Å². The Labute approximate surface area is 155 Å². The highest BCUT2D eigenvalue weighted by Crippen LogP contribution is 2.25. The van der Waals surface area contributed by atoms with Crippen molar-refractivity contribution in [2.24, 2.45) is 7.05 Å². The largest absolute Gasteiger partial charge is 0.360 e. The number of aryl methyl sites for hydroxylation is 1. The maximum Gasteiger partial charge on any atom is 0.191 e. The lowest BCUT2D eigenvalue weighted by atomic mass is 10.1. The predicted molar refractivity (Wildman–Crippen MR) is 105 cm³/mol. The Bertz CT molecular complexity index is 1100. The number of H-pyrrole nitrogens is 1. The fourth-order valence-electron chi connectivity index (χ4n) is 2.99. The van der Waals surface area contributed by atoms with Gasteiger partial charge in [-0.05, 0) is 19.1 Å². The summed E-state index contributed by atoms with van der Waals surface area (Å²) in [5.74, 6) is 1.20. The Hall–Kier alpha value is -2.86. The summed E-state index contributed by atoms with van der Waals surface area (Å²) in [7, 11) is 1.93. The van der Waals surface area contributed by atoms with Crippen LogP contribution in [0, 0.1) is 6.92 Å². The van der Waals surface area contributed by atoms with E-state index < -0.39 is 0 Å². The smallest absolute Gasteiger partial charge is 0.191 e. The average Bonchev–Trinajstić information content (AvgIpc) is 3.23. The zero-order valence-electron chi connectivity index (χ0n) is 14.6. The van der Waals surface area contributed by atoms with E-state index in [2.05, 4.69) is 34.2 Å². The molecule has 130 valence electrons. The summed E-state index contributed by atoms with van der Waals surface area (Å²) in [4.78, 5) is 15.8. The number of hydrogen-bond donors (Lipinski definition) is 1. The summed E-state index contributed by atoms with van der Waals surface area (Å²) in [6.07, 6.45) is 1.78. The van der Waals surface area contributed by atoms with Gasteiger partial charge in [0.2, 0.25) is 0 Å². The standard InChI is InChI=1S/C20H18N4OS/c1-13-6-5-7-14(10-13)19-22-23-20(24(19)2)26-12-18(25)16-11-21-17-9-4-3-8-15(16)17/h3-11,21H,12H2,1-2H3. The fourth-order valence-corrected chi connectivity index (χ4v) is 3.78. The molecule has 1 N–H and O–H groups in total. The molecule has 0 saturated heterocycles. The second-order valence-corrected chi connectivity index (χ2v) is 7.14. The summed E-state index contributed by atoms with van der Waals surface area (Å²) >= 11 is 1.41. The van der Waals surface area contributed by atoms with Crippen molar-refractivity contribution in [1.29, 1.82) is 0 Å². The molecule has 2 heterocycles. The van der Waals surface area contributed by atoms with E-state index >= 15 is 0 Å². The Balaban J connectivity index is 1.53. The highest BCUT2D eigenvalue weighted by Gasteiger charge is 2.16. The Morgan fingerprint density at radius 2 is 2.00 bits per heavy atom. The summed E-state index contributed by atoms with van der Waals surface area (Å²) in [5, 5.41) is 10.2. The number of thioether (sulfide) groups is 1. The van der Waals surface area contributed by atoms with Crippen LogP contribution in [-0.2, 0) is 7.05 Å². The lowest BCUT2D eigenvalue weighted by molar-refractivity contribution is 0.102. The van der Waals surface area contributed by atoms with E-state index in [9.17, 15) is 4.79 Å². The topological polar surface area (TPSA) is 63.6 Å². The molecule has 0 bridgehead atoms. The van der Waals surface area contributed by atoms with E-state index in [-0.39, 0.29) is 5.78 Å². The number of carbonyl (C=O) groups excluding carboxylic acids is 1. The number of Topliss-reactive ketones (excluding diaryl/α,β-unsaturated/α-hetero) is 1. The molecule has 4 aromatic rings. The first-order chi connectivity index (χ1) is 12.6. The molecule has 2 aromatic carbocycles. The molecule has 0 saturated carbocycles. The minimum Gasteiger partial charge on any atom is -0.360 e. The van der Waals surface area contributed by atoms with Crippen LogP contribution in [0.3, 0.4) is 0 Å². The van der Waals surface area contributed by atoms with Crippen LogP contribution in [0.1, 0.15) is 15.9 Å². The summed E-state index contributed by atoms with van der Waals surface area (Å²) < 4.78 is 1.93. The van der Waals surface area contributed by atoms with Crippen LogP contribution in [0.25, 0.3) is 22.3 Å². The van der Waals surface area contributed by atoms with Crippen molar-refractivity contribution in [3.8, 4) is 11.4 Å². The van der Waals surface area contributed by atoms with Crippen LogP contribution in [-0.4, -0.2) is 31.3 Å². The lowest BCUT2D eigenvalue weighted by Gasteiger charge is -2.04. The van der Waals surface area contributed by atoms with Gasteiger partial charge in [-0.1, -0.05) is 53.7 Å². The molecule has 0 aliphatic rings. The van der Waals surface area contributed by atoms with E-state index in [0.717, 1.165) is 27.4 Å². The average molecular weight is 362 g/mol. The van der Waals surface area contributed by atoms with Gasteiger partial charge in [0.1, 0.15) is 0 Å². The molecule has 0 atom stereocenters. The number of aromatic nitrogens is 4. The van der Waals surface area contributed by atoms with Gasteiger partial charge in [0.15, 0.2) is 16.8 Å². The molecule has 6 heteroatoms. The third kappa shape index (κ3) is 3.04. The number of aromatic amines is 1. The summed E-state index contributed by atoms with van der Waals surface area (Å²) in [6.45, 7) is 2.05. The first-order valence-corrected chi connectivity index (χ1v) is 9.30. The minimum atomic E-state index is 0.0764. The van der Waals surface area contributed by atoms with Gasteiger partial charge in [-0.25, -0.2) is 0 Å². The van der Waals surface area contributed by atoms with Gasteiger partial charge >= 0.3 is 0 Å². The van der Waals surface area contributed by atoms with Crippen molar-refractivity contribution in [1.82, 2.24) is 19.7 Å². The predicted octanol–water partition coefficient (Wildman–Crippen LogP) is 4.25. The lowest BCUT2D eigenvalue weighted by Crippen LogP contribution is -2.03. The van der Waals surface area contributed by atoms with E-state index in [0.29, 0.717) is 11.3 Å². The Morgan fingerprint density at radius 3 is 2.85 bits per heavy atom. The molecule has 4 rings (SSSR count). The van der Waals surface area contributed by atoms with E-state index in [1.807, 2.05) is 48.0 Å². The zero-order chi connectivity index (χ0) is 18.1. The summed E-state index contributed by atoms with van der Waals surface area (Å²) in [5.41, 5.74) is 3.89. The van der Waals surface area contributed by atoms with E-state index in [1.165, 1.54) is 17.3 Å². The number of benzene rings is 2. The number of ketones is 1. The third-order valence-corrected chi connectivity index (χ3v) is 5.35. The SMILES string of the molecule is Cc1cccc(-c2nnc(SCC(=O)c3c[nH]c4ccccc34)n2C)c1. The van der Waals surface area contributed by atoms with Gasteiger partial charge < -0.3 is 9.55 Å². The van der Waals surface area contributed by atoms with Crippen molar-refractivity contribution in [3.05, 3.63) is 65.9 Å². The van der Waals surface area contributed by atoms with Crippen molar-refractivity contribution >= 4 is 28.4 Å². The number of nitrogens with one attached hydrogen (secondary N) is 1. The van der Waals surface area contributed by atoms with E-state index in [1.54, 1.807) is 6.20 Å². The van der Waals surface area contributed by atoms with Crippen LogP contribution in [0.15, 0.2) is 59.9 Å². The minimum absolute atomic E-state index is 0.0764. The van der Waals surface area contributed by atoms with Gasteiger partial charge in [-0.15, -0.1) is 10.2 Å². The van der Waals surface area contributed by atoms with Crippen LogP contribution in [0.2, 0.25) is 0 Å². The van der Waals surface area contributed by atoms with Gasteiger partial charge in [0.05, 0.1) is 5.75 Å². The molecule has 2 aromatic heterocycles. The van der Waals surface area contributed by atoms with Crippen molar-refractivity contribution in [2.45, 2.75) is 12.1 Å². The van der Waals surface area contributed by atoms with Gasteiger partial charge in [0, 0.05) is 35.3 Å². The number of carbonyl (C=O) groups is 1. The normalized spacial score (nSPS) is 11.2. The maximum absolute atomic E-state index is 12.6. The number of fused-ring (bicyclic) bond motifs is 1. The Kier molecular flexibility index (Phi) is 4.34. The van der Waals surface area contributed by atoms with Gasteiger partial charge in [-0.3, -0.25) is 4.79 Å². The first kappa shape index (κ1) is 16.6. The molecule has 0 amide bonds. The Morgan fingerprint density at radius 1 is 1.15 bits per heavy atom. The van der Waals surface area contributed by atoms with Crippen LogP contribution in [0.5, 0.6) is 0 Å². The van der Waals surface area contributed by atoms with Gasteiger partial charge in [-0.2, -0.15) is 0 Å². The molecule has 5 nitrogen and oxygen atoms in total. The maximum atomic E-state index is 12.6. The number of nitrogens with zero attached hydrogens (tertiary/aromatic N) is 3. The van der Waals surface area contributed by atoms with Crippen LogP contribution >= 0.6 is 11.8 Å². The van der Waals surface area contributed by atoms with Crippen molar-refractivity contribution in [3.63, 3.8) is 0 Å². The third-order valence-electron chi connectivity index (χ3n) is 4.33. The molecule has 26 heavy (non-hydrogen) atoms. The monoisotopic (exact) mass is 362 g/mol. The van der Waals surface area contributed by atoms with Crippen molar-refractivity contribution < 1.29 is 4.79 Å². The van der Waals surface area contributed by atoms with Crippen LogP contribution in [0.4, 0.5) is 0 Å². The molecule has 0 aliphatic heterocycles. The first-order valence-electron chi connectivity index (χ1n) is 8.32.